The molecule has 2 heterocycles. The normalized spacial score (nSPS) is 13.3. The van der Waals surface area contributed by atoms with Crippen LogP contribution in [-0.2, 0) is 24.1 Å². The van der Waals surface area contributed by atoms with Gasteiger partial charge in [0.2, 0.25) is 0 Å². The monoisotopic (exact) mass is 375 g/mol. The van der Waals surface area contributed by atoms with E-state index < -0.39 is 0 Å². The number of hydrogen-bond donors (Lipinski definition) is 0. The molecule has 2 aromatic carbocycles. The number of ether oxygens (including phenoxy) is 2. The van der Waals surface area contributed by atoms with Gasteiger partial charge in [-0.3, -0.25) is 0 Å². The van der Waals surface area contributed by atoms with Crippen LogP contribution in [0.4, 0.5) is 8.78 Å². The van der Waals surface area contributed by atoms with Gasteiger partial charge in [-0.15, -0.1) is 10.2 Å². The molecule has 0 spiro atoms. The van der Waals surface area contributed by atoms with Gasteiger partial charge in [0.1, 0.15) is 17.4 Å². The van der Waals surface area contributed by atoms with Gasteiger partial charge >= 0.3 is 0 Å². The molecular formula is C18H15F2N3O2S. The van der Waals surface area contributed by atoms with Crippen LogP contribution in [0.2, 0.25) is 0 Å². The lowest BCUT2D eigenvalue weighted by Crippen LogP contribution is -2.13. The molecule has 1 aromatic heterocycles. The van der Waals surface area contributed by atoms with E-state index in [-0.39, 0.29) is 18.4 Å². The van der Waals surface area contributed by atoms with Gasteiger partial charge in [0.15, 0.2) is 17.8 Å². The molecule has 0 unspecified atom stereocenters. The largest absolute Gasteiger partial charge is 0.467 e. The lowest BCUT2D eigenvalue weighted by molar-refractivity contribution is -0.0171. The molecule has 0 aliphatic carbocycles. The summed E-state index contributed by atoms with van der Waals surface area (Å²) in [7, 11) is 1.77. The van der Waals surface area contributed by atoms with Crippen LogP contribution < -0.4 is 4.74 Å². The third kappa shape index (κ3) is 3.17. The molecule has 1 aliphatic rings. The molecule has 0 bridgehead atoms. The summed E-state index contributed by atoms with van der Waals surface area (Å²) < 4.78 is 40.3. The quantitative estimate of drug-likeness (QED) is 0.647. The van der Waals surface area contributed by atoms with Crippen LogP contribution in [0.25, 0.3) is 11.4 Å². The van der Waals surface area contributed by atoms with Crippen molar-refractivity contribution in [2.75, 3.05) is 6.79 Å². The summed E-state index contributed by atoms with van der Waals surface area (Å²) in [6.07, 6.45) is 0. The zero-order chi connectivity index (χ0) is 18.1. The number of halogens is 2. The Bertz CT molecular complexity index is 962. The molecule has 0 saturated heterocycles. The van der Waals surface area contributed by atoms with E-state index in [2.05, 4.69) is 10.2 Å². The first kappa shape index (κ1) is 17.0. The maximum atomic E-state index is 14.0. The van der Waals surface area contributed by atoms with Crippen molar-refractivity contribution < 1.29 is 18.3 Å². The first-order valence-corrected chi connectivity index (χ1v) is 8.91. The molecule has 134 valence electrons. The van der Waals surface area contributed by atoms with Gasteiger partial charge in [-0.1, -0.05) is 23.9 Å². The van der Waals surface area contributed by atoms with Gasteiger partial charge in [-0.05, 0) is 24.3 Å². The van der Waals surface area contributed by atoms with E-state index in [0.717, 1.165) is 5.56 Å². The molecule has 0 radical (unpaired) electrons. The number of rotatable bonds is 4. The predicted molar refractivity (Wildman–Crippen MR) is 92.6 cm³/mol. The molecule has 26 heavy (non-hydrogen) atoms. The highest BCUT2D eigenvalue weighted by Gasteiger charge is 2.19. The number of fused-ring (bicyclic) bond motifs is 1. The van der Waals surface area contributed by atoms with Crippen molar-refractivity contribution in [2.45, 2.75) is 17.5 Å². The SMILES string of the molecule is Cn1c(SCc2cc(F)cc3c2OCOC3)nnc1-c1ccccc1F. The predicted octanol–water partition coefficient (Wildman–Crippen LogP) is 3.92. The third-order valence-electron chi connectivity index (χ3n) is 4.06. The lowest BCUT2D eigenvalue weighted by atomic mass is 10.1. The smallest absolute Gasteiger partial charge is 0.191 e. The highest BCUT2D eigenvalue weighted by Crippen LogP contribution is 2.34. The number of nitrogens with zero attached hydrogens (tertiary/aromatic N) is 3. The van der Waals surface area contributed by atoms with Crippen LogP contribution in [0.5, 0.6) is 5.75 Å². The Hall–Kier alpha value is -2.45. The van der Waals surface area contributed by atoms with E-state index in [4.69, 9.17) is 9.47 Å². The number of hydrogen-bond acceptors (Lipinski definition) is 5. The van der Waals surface area contributed by atoms with Crippen molar-refractivity contribution >= 4 is 11.8 Å². The average molecular weight is 375 g/mol. The summed E-state index contributed by atoms with van der Waals surface area (Å²) in [5, 5.41) is 8.83. The van der Waals surface area contributed by atoms with Crippen LogP contribution in [0.15, 0.2) is 41.6 Å². The van der Waals surface area contributed by atoms with Crippen LogP contribution in [0.1, 0.15) is 11.1 Å². The van der Waals surface area contributed by atoms with E-state index in [9.17, 15) is 8.78 Å². The molecule has 0 saturated carbocycles. The summed E-state index contributed by atoms with van der Waals surface area (Å²) in [5.74, 6) is 0.854. The number of aromatic nitrogens is 3. The average Bonchev–Trinajstić information content (AvgIpc) is 3.00. The zero-order valence-electron chi connectivity index (χ0n) is 13.9. The van der Waals surface area contributed by atoms with Gasteiger partial charge in [0.25, 0.3) is 0 Å². The summed E-state index contributed by atoms with van der Waals surface area (Å²) in [5.41, 5.74) is 1.80. The Labute approximate surface area is 153 Å². The van der Waals surface area contributed by atoms with Gasteiger partial charge in [-0.25, -0.2) is 8.78 Å². The molecule has 8 heteroatoms. The first-order valence-electron chi connectivity index (χ1n) is 7.92. The maximum Gasteiger partial charge on any atom is 0.191 e. The second-order valence-electron chi connectivity index (χ2n) is 5.80. The second kappa shape index (κ2) is 7.05. The molecule has 1 aliphatic heterocycles. The Balaban J connectivity index is 1.59. The fraction of sp³-hybridized carbons (Fsp3) is 0.222. The van der Waals surface area contributed by atoms with Crippen LogP contribution >= 0.6 is 11.8 Å². The zero-order valence-corrected chi connectivity index (χ0v) is 14.7. The second-order valence-corrected chi connectivity index (χ2v) is 6.74. The molecule has 0 amide bonds. The topological polar surface area (TPSA) is 49.2 Å². The molecule has 3 aromatic rings. The van der Waals surface area contributed by atoms with Gasteiger partial charge < -0.3 is 14.0 Å². The van der Waals surface area contributed by atoms with Crippen molar-refractivity contribution in [3.8, 4) is 17.1 Å². The molecule has 4 rings (SSSR count). The Morgan fingerprint density at radius 3 is 2.88 bits per heavy atom. The Kier molecular flexibility index (Phi) is 4.60. The molecular weight excluding hydrogens is 360 g/mol. The van der Waals surface area contributed by atoms with Crippen molar-refractivity contribution in [3.63, 3.8) is 0 Å². The highest BCUT2D eigenvalue weighted by molar-refractivity contribution is 7.98. The van der Waals surface area contributed by atoms with Crippen LogP contribution in [0.3, 0.4) is 0 Å². The maximum absolute atomic E-state index is 14.0. The number of thioether (sulfide) groups is 1. The van der Waals surface area contributed by atoms with Crippen molar-refractivity contribution in [1.82, 2.24) is 14.8 Å². The van der Waals surface area contributed by atoms with E-state index in [1.807, 2.05) is 0 Å². The van der Waals surface area contributed by atoms with Crippen molar-refractivity contribution in [1.29, 1.82) is 0 Å². The summed E-state index contributed by atoms with van der Waals surface area (Å²) in [6, 6.07) is 9.28. The minimum atomic E-state index is -0.354. The van der Waals surface area contributed by atoms with Crippen molar-refractivity contribution in [2.24, 2.45) is 7.05 Å². The van der Waals surface area contributed by atoms with Crippen LogP contribution in [0, 0.1) is 11.6 Å². The fourth-order valence-corrected chi connectivity index (χ4v) is 3.70. The van der Waals surface area contributed by atoms with Gasteiger partial charge in [-0.2, -0.15) is 0 Å². The van der Waals surface area contributed by atoms with E-state index >= 15 is 0 Å². The molecule has 0 N–H and O–H groups in total. The van der Waals surface area contributed by atoms with E-state index in [1.165, 1.54) is 30.0 Å². The summed E-state index contributed by atoms with van der Waals surface area (Å²) in [6.45, 7) is 0.476. The minimum absolute atomic E-state index is 0.150. The Morgan fingerprint density at radius 1 is 1.19 bits per heavy atom. The van der Waals surface area contributed by atoms with Crippen LogP contribution in [-0.4, -0.2) is 21.6 Å². The van der Waals surface area contributed by atoms with Gasteiger partial charge in [0.05, 0.1) is 12.2 Å². The molecule has 0 atom stereocenters. The summed E-state index contributed by atoms with van der Waals surface area (Å²) in [4.78, 5) is 0. The fourth-order valence-electron chi connectivity index (χ4n) is 2.82. The molecule has 0 fully saturated rings. The minimum Gasteiger partial charge on any atom is -0.467 e. The molecule has 5 nitrogen and oxygen atoms in total. The number of benzene rings is 2. The van der Waals surface area contributed by atoms with E-state index in [0.29, 0.717) is 40.2 Å². The van der Waals surface area contributed by atoms with E-state index in [1.54, 1.807) is 29.8 Å². The van der Waals surface area contributed by atoms with Gasteiger partial charge in [0, 0.05) is 23.9 Å². The standard InChI is InChI=1S/C18H15F2N3O2S/c1-23-17(14-4-2-3-5-15(14)20)21-22-18(23)26-9-12-7-13(19)6-11-8-24-10-25-16(11)12/h2-7H,8-10H2,1H3. The highest BCUT2D eigenvalue weighted by atomic mass is 32.2. The Morgan fingerprint density at radius 2 is 2.04 bits per heavy atom. The first-order chi connectivity index (χ1) is 12.6. The third-order valence-corrected chi connectivity index (χ3v) is 5.13. The lowest BCUT2D eigenvalue weighted by Gasteiger charge is -2.20. The summed E-state index contributed by atoms with van der Waals surface area (Å²) >= 11 is 1.38. The van der Waals surface area contributed by atoms with Crippen molar-refractivity contribution in [3.05, 3.63) is 59.2 Å².